The van der Waals surface area contributed by atoms with Crippen LogP contribution in [-0.4, -0.2) is 30.6 Å². The first-order valence-electron chi connectivity index (χ1n) is 7.54. The van der Waals surface area contributed by atoms with Crippen molar-refractivity contribution in [3.63, 3.8) is 0 Å². The van der Waals surface area contributed by atoms with Crippen LogP contribution in [0.3, 0.4) is 0 Å². The molecule has 1 aromatic carbocycles. The second kappa shape index (κ2) is 7.02. The highest BCUT2D eigenvalue weighted by Gasteiger charge is 2.23. The summed E-state index contributed by atoms with van der Waals surface area (Å²) in [5.74, 6) is -0.499. The number of hydrogen-bond acceptors (Lipinski definition) is 2. The van der Waals surface area contributed by atoms with Crippen molar-refractivity contribution in [1.82, 2.24) is 4.90 Å². The van der Waals surface area contributed by atoms with Gasteiger partial charge in [-0.05, 0) is 63.9 Å². The van der Waals surface area contributed by atoms with Crippen molar-refractivity contribution in [3.05, 3.63) is 29.8 Å². The summed E-state index contributed by atoms with van der Waals surface area (Å²) in [6.45, 7) is 7.70. The fourth-order valence-electron chi connectivity index (χ4n) is 2.96. The molecule has 2 rings (SSSR count). The van der Waals surface area contributed by atoms with E-state index >= 15 is 0 Å². The van der Waals surface area contributed by atoms with Crippen molar-refractivity contribution >= 4 is 5.69 Å². The molecule has 1 aliphatic heterocycles. The highest BCUT2D eigenvalue weighted by atomic mass is 19.1. The number of benzene rings is 1. The number of rotatable bonds is 5. The van der Waals surface area contributed by atoms with Crippen LogP contribution in [0.1, 0.15) is 33.1 Å². The van der Waals surface area contributed by atoms with E-state index in [2.05, 4.69) is 24.1 Å². The Labute approximate surface area is 120 Å². The van der Waals surface area contributed by atoms with Crippen LogP contribution in [0, 0.1) is 17.6 Å². The van der Waals surface area contributed by atoms with Gasteiger partial charge in [0.1, 0.15) is 11.6 Å². The molecule has 0 spiro atoms. The number of likely N-dealkylation sites (tertiary alicyclic amines) is 1. The Bertz CT molecular complexity index is 428. The molecule has 1 N–H and O–H groups in total. The van der Waals surface area contributed by atoms with Gasteiger partial charge < -0.3 is 10.2 Å². The number of piperidine rings is 1. The van der Waals surface area contributed by atoms with Gasteiger partial charge in [-0.1, -0.05) is 6.92 Å². The Hall–Kier alpha value is -1.16. The van der Waals surface area contributed by atoms with Gasteiger partial charge in [0, 0.05) is 12.1 Å². The Balaban J connectivity index is 1.87. The third kappa shape index (κ3) is 3.92. The fourth-order valence-corrected chi connectivity index (χ4v) is 2.96. The average molecular weight is 282 g/mol. The van der Waals surface area contributed by atoms with Gasteiger partial charge in [0.25, 0.3) is 0 Å². The molecule has 0 amide bonds. The average Bonchev–Trinajstić information content (AvgIpc) is 2.43. The predicted molar refractivity (Wildman–Crippen MR) is 78.9 cm³/mol. The molecule has 1 atom stereocenters. The van der Waals surface area contributed by atoms with Gasteiger partial charge in [-0.25, -0.2) is 8.78 Å². The van der Waals surface area contributed by atoms with Gasteiger partial charge in [-0.2, -0.15) is 0 Å². The third-order valence-corrected chi connectivity index (χ3v) is 4.19. The number of halogens is 2. The van der Waals surface area contributed by atoms with Crippen molar-refractivity contribution in [2.75, 3.05) is 25.0 Å². The van der Waals surface area contributed by atoms with Crippen molar-refractivity contribution in [3.8, 4) is 0 Å². The quantitative estimate of drug-likeness (QED) is 0.881. The van der Waals surface area contributed by atoms with Crippen LogP contribution in [0.4, 0.5) is 14.5 Å². The lowest BCUT2D eigenvalue weighted by Crippen LogP contribution is -2.39. The lowest BCUT2D eigenvalue weighted by molar-refractivity contribution is 0.176. The van der Waals surface area contributed by atoms with E-state index in [1.54, 1.807) is 0 Å². The normalized spacial score (nSPS) is 19.0. The minimum absolute atomic E-state index is 0.207. The lowest BCUT2D eigenvalue weighted by Gasteiger charge is -2.35. The Morgan fingerprint density at radius 2 is 2.00 bits per heavy atom. The molecular formula is C16H24F2N2. The molecule has 1 unspecified atom stereocenters. The largest absolute Gasteiger partial charge is 0.380 e. The molecule has 20 heavy (non-hydrogen) atoms. The van der Waals surface area contributed by atoms with E-state index in [0.717, 1.165) is 32.0 Å². The zero-order valence-corrected chi connectivity index (χ0v) is 12.3. The molecule has 112 valence electrons. The molecule has 0 saturated carbocycles. The van der Waals surface area contributed by atoms with Crippen LogP contribution >= 0.6 is 0 Å². The molecule has 0 aromatic heterocycles. The molecule has 2 nitrogen and oxygen atoms in total. The third-order valence-electron chi connectivity index (χ3n) is 4.19. The molecule has 0 radical (unpaired) electrons. The first-order chi connectivity index (χ1) is 9.60. The minimum atomic E-state index is -0.534. The van der Waals surface area contributed by atoms with E-state index in [4.69, 9.17) is 0 Å². The number of anilines is 1. The summed E-state index contributed by atoms with van der Waals surface area (Å²) >= 11 is 0. The molecule has 0 aliphatic carbocycles. The first-order valence-corrected chi connectivity index (χ1v) is 7.54. The summed E-state index contributed by atoms with van der Waals surface area (Å²) in [6.07, 6.45) is 3.47. The van der Waals surface area contributed by atoms with E-state index < -0.39 is 11.6 Å². The second-order valence-corrected chi connectivity index (χ2v) is 5.74. The molecule has 1 saturated heterocycles. The predicted octanol–water partition coefficient (Wildman–Crippen LogP) is 3.89. The number of nitrogens with zero attached hydrogens (tertiary/aromatic N) is 1. The standard InChI is InChI=1S/C16H24F2N2/c1-3-8-20-9-6-13(7-10-20)12(2)19-16-5-4-14(17)11-15(16)18/h4-5,11-13,19H,3,6-10H2,1-2H3. The molecular weight excluding hydrogens is 258 g/mol. The van der Waals surface area contributed by atoms with E-state index in [0.29, 0.717) is 11.6 Å². The molecule has 1 aliphatic rings. The Kier molecular flexibility index (Phi) is 5.35. The van der Waals surface area contributed by atoms with Crippen LogP contribution in [0.5, 0.6) is 0 Å². The summed E-state index contributed by atoms with van der Waals surface area (Å²) in [4.78, 5) is 2.49. The van der Waals surface area contributed by atoms with Gasteiger partial charge in [-0.15, -0.1) is 0 Å². The van der Waals surface area contributed by atoms with Crippen LogP contribution in [0.25, 0.3) is 0 Å². The maximum absolute atomic E-state index is 13.6. The lowest BCUT2D eigenvalue weighted by atomic mass is 9.90. The van der Waals surface area contributed by atoms with Crippen LogP contribution in [0.2, 0.25) is 0 Å². The smallest absolute Gasteiger partial charge is 0.149 e. The topological polar surface area (TPSA) is 15.3 Å². The number of nitrogens with one attached hydrogen (secondary N) is 1. The van der Waals surface area contributed by atoms with E-state index in [9.17, 15) is 8.78 Å². The highest BCUT2D eigenvalue weighted by Crippen LogP contribution is 2.24. The summed E-state index contributed by atoms with van der Waals surface area (Å²) < 4.78 is 26.5. The van der Waals surface area contributed by atoms with Crippen molar-refractivity contribution in [2.24, 2.45) is 5.92 Å². The van der Waals surface area contributed by atoms with E-state index in [1.165, 1.54) is 25.1 Å². The van der Waals surface area contributed by atoms with Gasteiger partial charge >= 0.3 is 0 Å². The summed E-state index contributed by atoms with van der Waals surface area (Å²) in [5, 5.41) is 3.19. The summed E-state index contributed by atoms with van der Waals surface area (Å²) in [5.41, 5.74) is 0.398. The molecule has 0 bridgehead atoms. The van der Waals surface area contributed by atoms with Gasteiger partial charge in [0.05, 0.1) is 5.69 Å². The zero-order chi connectivity index (χ0) is 14.5. The van der Waals surface area contributed by atoms with Crippen molar-refractivity contribution in [1.29, 1.82) is 0 Å². The summed E-state index contributed by atoms with van der Waals surface area (Å²) in [7, 11) is 0. The van der Waals surface area contributed by atoms with Gasteiger partial charge in [0.2, 0.25) is 0 Å². The monoisotopic (exact) mass is 282 g/mol. The second-order valence-electron chi connectivity index (χ2n) is 5.74. The maximum Gasteiger partial charge on any atom is 0.149 e. The fraction of sp³-hybridized carbons (Fsp3) is 0.625. The maximum atomic E-state index is 13.6. The number of hydrogen-bond donors (Lipinski definition) is 1. The van der Waals surface area contributed by atoms with Crippen molar-refractivity contribution in [2.45, 2.75) is 39.2 Å². The molecule has 4 heteroatoms. The molecule has 1 heterocycles. The van der Waals surface area contributed by atoms with Gasteiger partial charge in [-0.3, -0.25) is 0 Å². The van der Waals surface area contributed by atoms with Crippen molar-refractivity contribution < 1.29 is 8.78 Å². The molecule has 1 aromatic rings. The van der Waals surface area contributed by atoms with E-state index in [1.807, 2.05) is 0 Å². The molecule has 1 fully saturated rings. The Morgan fingerprint density at radius 3 is 2.60 bits per heavy atom. The zero-order valence-electron chi connectivity index (χ0n) is 12.3. The van der Waals surface area contributed by atoms with Crippen LogP contribution < -0.4 is 5.32 Å². The van der Waals surface area contributed by atoms with Crippen LogP contribution in [-0.2, 0) is 0 Å². The SMILES string of the molecule is CCCN1CCC(C(C)Nc2ccc(F)cc2F)CC1. The van der Waals surface area contributed by atoms with Gasteiger partial charge in [0.15, 0.2) is 0 Å². The first kappa shape index (κ1) is 15.2. The van der Waals surface area contributed by atoms with E-state index in [-0.39, 0.29) is 6.04 Å². The Morgan fingerprint density at radius 1 is 1.30 bits per heavy atom. The summed E-state index contributed by atoms with van der Waals surface area (Å²) in [6, 6.07) is 3.91. The minimum Gasteiger partial charge on any atom is -0.380 e. The van der Waals surface area contributed by atoms with Crippen LogP contribution in [0.15, 0.2) is 18.2 Å². The highest BCUT2D eigenvalue weighted by molar-refractivity contribution is 5.45.